The maximum Gasteiger partial charge on any atom is 0.0350 e. The molecule has 2 aliphatic heterocycles. The molecule has 4 heteroatoms. The maximum atomic E-state index is 6.33. The topological polar surface area (TPSA) is 32.5 Å². The van der Waals surface area contributed by atoms with Crippen LogP contribution in [0.4, 0.5) is 0 Å². The fraction of sp³-hybridized carbons (Fsp3) is 0.765. The molecular formula is C17H29N3S. The van der Waals surface area contributed by atoms with Gasteiger partial charge in [-0.2, -0.15) is 0 Å². The van der Waals surface area contributed by atoms with Gasteiger partial charge in [0.2, 0.25) is 0 Å². The van der Waals surface area contributed by atoms with Crippen LogP contribution in [0.2, 0.25) is 0 Å². The van der Waals surface area contributed by atoms with Crippen LogP contribution < -0.4 is 5.73 Å². The molecule has 0 spiro atoms. The molecule has 0 amide bonds. The third kappa shape index (κ3) is 2.79. The Morgan fingerprint density at radius 2 is 2.19 bits per heavy atom. The average molecular weight is 308 g/mol. The number of rotatable bonds is 3. The molecule has 0 bridgehead atoms. The van der Waals surface area contributed by atoms with Crippen molar-refractivity contribution in [2.75, 3.05) is 32.7 Å². The zero-order chi connectivity index (χ0) is 14.9. The first-order valence-electron chi connectivity index (χ1n) is 8.45. The quantitative estimate of drug-likeness (QED) is 0.932. The zero-order valence-corrected chi connectivity index (χ0v) is 14.3. The Labute approximate surface area is 133 Å². The highest BCUT2D eigenvalue weighted by atomic mass is 32.1. The summed E-state index contributed by atoms with van der Waals surface area (Å²) in [5.74, 6) is 0. The van der Waals surface area contributed by atoms with Crippen molar-refractivity contribution in [1.29, 1.82) is 0 Å². The second-order valence-electron chi connectivity index (χ2n) is 6.63. The number of likely N-dealkylation sites (tertiary alicyclic amines) is 1. The van der Waals surface area contributed by atoms with Gasteiger partial charge in [0.25, 0.3) is 0 Å². The van der Waals surface area contributed by atoms with E-state index in [2.05, 4.69) is 35.1 Å². The van der Waals surface area contributed by atoms with Crippen molar-refractivity contribution in [3.05, 3.63) is 21.9 Å². The summed E-state index contributed by atoms with van der Waals surface area (Å²) in [4.78, 5) is 6.92. The lowest BCUT2D eigenvalue weighted by Crippen LogP contribution is -2.56. The molecule has 2 atom stereocenters. The SMILES string of the molecule is CCN1CCCC(CN)(N2CCc3sccc3C2C)CC1. The summed E-state index contributed by atoms with van der Waals surface area (Å²) in [6.45, 7) is 10.2. The van der Waals surface area contributed by atoms with Crippen LogP contribution in [0.5, 0.6) is 0 Å². The summed E-state index contributed by atoms with van der Waals surface area (Å²) >= 11 is 1.93. The molecule has 1 saturated heterocycles. The summed E-state index contributed by atoms with van der Waals surface area (Å²) in [7, 11) is 0. The van der Waals surface area contributed by atoms with Crippen molar-refractivity contribution in [1.82, 2.24) is 9.80 Å². The van der Waals surface area contributed by atoms with Crippen molar-refractivity contribution in [3.63, 3.8) is 0 Å². The van der Waals surface area contributed by atoms with Gasteiger partial charge in [0.15, 0.2) is 0 Å². The van der Waals surface area contributed by atoms with Crippen LogP contribution in [0, 0.1) is 0 Å². The highest BCUT2D eigenvalue weighted by Crippen LogP contribution is 2.40. The van der Waals surface area contributed by atoms with Gasteiger partial charge in [-0.1, -0.05) is 6.92 Å². The van der Waals surface area contributed by atoms with Crippen molar-refractivity contribution in [2.24, 2.45) is 5.73 Å². The van der Waals surface area contributed by atoms with E-state index < -0.39 is 0 Å². The largest absolute Gasteiger partial charge is 0.329 e. The fourth-order valence-corrected chi connectivity index (χ4v) is 5.28. The van der Waals surface area contributed by atoms with E-state index in [4.69, 9.17) is 5.73 Å². The minimum absolute atomic E-state index is 0.211. The van der Waals surface area contributed by atoms with Crippen LogP contribution in [0.1, 0.15) is 49.6 Å². The second-order valence-corrected chi connectivity index (χ2v) is 7.64. The molecule has 3 heterocycles. The van der Waals surface area contributed by atoms with E-state index in [1.807, 2.05) is 11.3 Å². The summed E-state index contributed by atoms with van der Waals surface area (Å²) in [6.07, 6.45) is 4.96. The smallest absolute Gasteiger partial charge is 0.0350 e. The molecule has 1 aromatic heterocycles. The predicted molar refractivity (Wildman–Crippen MR) is 90.9 cm³/mol. The van der Waals surface area contributed by atoms with Crippen molar-refractivity contribution < 1.29 is 0 Å². The Balaban J connectivity index is 1.83. The summed E-state index contributed by atoms with van der Waals surface area (Å²) in [6, 6.07) is 2.85. The average Bonchev–Trinajstić information content (AvgIpc) is 2.89. The van der Waals surface area contributed by atoms with E-state index in [9.17, 15) is 0 Å². The van der Waals surface area contributed by atoms with Crippen LogP contribution in [0.25, 0.3) is 0 Å². The predicted octanol–water partition coefficient (Wildman–Crippen LogP) is 2.87. The molecule has 0 aliphatic carbocycles. The van der Waals surface area contributed by atoms with E-state index in [0.29, 0.717) is 6.04 Å². The summed E-state index contributed by atoms with van der Waals surface area (Å²) < 4.78 is 0. The molecule has 1 aromatic rings. The van der Waals surface area contributed by atoms with Gasteiger partial charge < -0.3 is 10.6 Å². The van der Waals surface area contributed by atoms with E-state index in [0.717, 1.165) is 6.54 Å². The van der Waals surface area contributed by atoms with Gasteiger partial charge >= 0.3 is 0 Å². The molecule has 3 nitrogen and oxygen atoms in total. The number of hydrogen-bond donors (Lipinski definition) is 1. The first kappa shape index (κ1) is 15.5. The zero-order valence-electron chi connectivity index (χ0n) is 13.5. The normalized spacial score (nSPS) is 31.9. The molecule has 3 rings (SSSR count). The third-order valence-corrected chi connectivity index (χ3v) is 6.72. The summed E-state index contributed by atoms with van der Waals surface area (Å²) in [5.41, 5.74) is 8.09. The number of fused-ring (bicyclic) bond motifs is 1. The van der Waals surface area contributed by atoms with Crippen molar-refractivity contribution in [2.45, 2.75) is 51.1 Å². The van der Waals surface area contributed by atoms with Gasteiger partial charge in [0.05, 0.1) is 0 Å². The molecule has 2 unspecified atom stereocenters. The van der Waals surface area contributed by atoms with Gasteiger partial charge in [-0.3, -0.25) is 4.90 Å². The van der Waals surface area contributed by atoms with E-state index in [-0.39, 0.29) is 5.54 Å². The van der Waals surface area contributed by atoms with Crippen LogP contribution in [0.15, 0.2) is 11.4 Å². The number of nitrogens with zero attached hydrogens (tertiary/aromatic N) is 2. The van der Waals surface area contributed by atoms with Gasteiger partial charge in [-0.05, 0) is 69.3 Å². The molecule has 1 fully saturated rings. The number of thiophene rings is 1. The Bertz CT molecular complexity index is 472. The molecular weight excluding hydrogens is 278 g/mol. The standard InChI is InChI=1S/C17H29N3S/c1-3-19-9-4-7-17(13-18,8-11-19)20-10-5-16-15(14(20)2)6-12-21-16/h6,12,14H,3-5,7-11,13,18H2,1-2H3. The minimum Gasteiger partial charge on any atom is -0.329 e. The van der Waals surface area contributed by atoms with E-state index in [1.165, 1.54) is 51.9 Å². The Morgan fingerprint density at radius 1 is 1.33 bits per heavy atom. The van der Waals surface area contributed by atoms with Crippen LogP contribution in [-0.4, -0.2) is 48.1 Å². The Morgan fingerprint density at radius 3 is 2.95 bits per heavy atom. The second kappa shape index (κ2) is 6.37. The van der Waals surface area contributed by atoms with E-state index in [1.54, 1.807) is 10.4 Å². The van der Waals surface area contributed by atoms with Crippen LogP contribution in [-0.2, 0) is 6.42 Å². The van der Waals surface area contributed by atoms with Crippen molar-refractivity contribution >= 4 is 11.3 Å². The van der Waals surface area contributed by atoms with Crippen LogP contribution in [0.3, 0.4) is 0 Å². The molecule has 2 N–H and O–H groups in total. The molecule has 0 aromatic carbocycles. The third-order valence-electron chi connectivity index (χ3n) is 5.72. The fourth-order valence-electron chi connectivity index (χ4n) is 4.32. The Kier molecular flexibility index (Phi) is 4.69. The van der Waals surface area contributed by atoms with Gasteiger partial charge in [0, 0.05) is 29.5 Å². The van der Waals surface area contributed by atoms with Gasteiger partial charge in [0.1, 0.15) is 0 Å². The molecule has 0 radical (unpaired) electrons. The minimum atomic E-state index is 0.211. The highest BCUT2D eigenvalue weighted by Gasteiger charge is 2.41. The first-order valence-corrected chi connectivity index (χ1v) is 9.33. The van der Waals surface area contributed by atoms with Crippen LogP contribution >= 0.6 is 11.3 Å². The lowest BCUT2D eigenvalue weighted by Gasteiger charge is -2.48. The molecule has 2 aliphatic rings. The lowest BCUT2D eigenvalue weighted by atomic mass is 9.84. The molecule has 0 saturated carbocycles. The summed E-state index contributed by atoms with van der Waals surface area (Å²) in [5, 5.41) is 2.26. The molecule has 118 valence electrons. The molecule has 21 heavy (non-hydrogen) atoms. The monoisotopic (exact) mass is 307 g/mol. The first-order chi connectivity index (χ1) is 10.2. The maximum absolute atomic E-state index is 6.33. The number of nitrogens with two attached hydrogens (primary N) is 1. The lowest BCUT2D eigenvalue weighted by molar-refractivity contribution is 0.0353. The Hall–Kier alpha value is -0.420. The highest BCUT2D eigenvalue weighted by molar-refractivity contribution is 7.10. The van der Waals surface area contributed by atoms with Crippen molar-refractivity contribution in [3.8, 4) is 0 Å². The van der Waals surface area contributed by atoms with Gasteiger partial charge in [-0.25, -0.2) is 0 Å². The number of hydrogen-bond acceptors (Lipinski definition) is 4. The van der Waals surface area contributed by atoms with E-state index >= 15 is 0 Å². The van der Waals surface area contributed by atoms with Gasteiger partial charge in [-0.15, -0.1) is 11.3 Å².